The molecule has 1 N–H and O–H groups in total. The van der Waals surface area contributed by atoms with E-state index in [1.807, 2.05) is 37.3 Å². The molecule has 0 aliphatic heterocycles. The molecule has 0 fully saturated rings. The largest absolute Gasteiger partial charge is 0.490 e. The summed E-state index contributed by atoms with van der Waals surface area (Å²) in [4.78, 5) is 2.44. The number of nitrogens with one attached hydrogen (secondary N) is 1. The minimum Gasteiger partial charge on any atom is -0.490 e. The predicted octanol–water partition coefficient (Wildman–Crippen LogP) is 5.14. The van der Waals surface area contributed by atoms with E-state index in [1.165, 1.54) is 5.56 Å². The van der Waals surface area contributed by atoms with Crippen LogP contribution < -0.4 is 14.8 Å². The molecular weight excluding hydrogens is 372 g/mol. The monoisotopic (exact) mass is 404 g/mol. The molecule has 0 radical (unpaired) electrons. The van der Waals surface area contributed by atoms with Gasteiger partial charge in [-0.25, -0.2) is 0 Å². The molecule has 4 nitrogen and oxygen atoms in total. The Kier molecular flexibility index (Phi) is 10.2. The molecular formula is C23H33ClN2O2. The van der Waals surface area contributed by atoms with Crippen LogP contribution in [0.4, 0.5) is 0 Å². The Morgan fingerprint density at radius 2 is 1.75 bits per heavy atom. The van der Waals surface area contributed by atoms with Crippen LogP contribution >= 0.6 is 11.6 Å². The summed E-state index contributed by atoms with van der Waals surface area (Å²) < 4.78 is 11.8. The quantitative estimate of drug-likeness (QED) is 0.469. The van der Waals surface area contributed by atoms with Gasteiger partial charge < -0.3 is 19.7 Å². The predicted molar refractivity (Wildman–Crippen MR) is 118 cm³/mol. The van der Waals surface area contributed by atoms with Gasteiger partial charge in [-0.05, 0) is 63.3 Å². The Hall–Kier alpha value is -1.75. The summed E-state index contributed by atoms with van der Waals surface area (Å²) in [6, 6.07) is 13.8. The second-order valence-electron chi connectivity index (χ2n) is 6.65. The van der Waals surface area contributed by atoms with E-state index in [-0.39, 0.29) is 0 Å². The highest BCUT2D eigenvalue weighted by Gasteiger charge is 2.08. The lowest BCUT2D eigenvalue weighted by molar-refractivity contribution is 0.269. The third-order valence-corrected chi connectivity index (χ3v) is 5.07. The fourth-order valence-corrected chi connectivity index (χ4v) is 3.21. The molecule has 0 saturated carbocycles. The SMILES string of the molecule is CCOc1cc(CNCCCN(CC)CC)ccc1OCc1ccccc1Cl. The van der Waals surface area contributed by atoms with E-state index < -0.39 is 0 Å². The molecule has 0 heterocycles. The first kappa shape index (κ1) is 22.5. The summed E-state index contributed by atoms with van der Waals surface area (Å²) in [7, 11) is 0. The lowest BCUT2D eigenvalue weighted by Crippen LogP contribution is -2.27. The van der Waals surface area contributed by atoms with Gasteiger partial charge in [0.05, 0.1) is 6.61 Å². The minimum absolute atomic E-state index is 0.419. The number of hydrogen-bond donors (Lipinski definition) is 1. The Balaban J connectivity index is 1.88. The summed E-state index contributed by atoms with van der Waals surface area (Å²) in [5.41, 5.74) is 2.15. The number of hydrogen-bond acceptors (Lipinski definition) is 4. The molecule has 28 heavy (non-hydrogen) atoms. The second-order valence-corrected chi connectivity index (χ2v) is 7.06. The zero-order chi connectivity index (χ0) is 20.2. The third-order valence-electron chi connectivity index (χ3n) is 4.70. The van der Waals surface area contributed by atoms with Gasteiger partial charge in [-0.1, -0.05) is 49.7 Å². The maximum Gasteiger partial charge on any atom is 0.161 e. The van der Waals surface area contributed by atoms with E-state index in [4.69, 9.17) is 21.1 Å². The number of rotatable bonds is 13. The molecule has 0 unspecified atom stereocenters. The topological polar surface area (TPSA) is 33.7 Å². The summed E-state index contributed by atoms with van der Waals surface area (Å²) in [6.07, 6.45) is 1.15. The summed E-state index contributed by atoms with van der Waals surface area (Å²) >= 11 is 6.22. The molecule has 0 aliphatic rings. The Morgan fingerprint density at radius 1 is 0.964 bits per heavy atom. The van der Waals surface area contributed by atoms with Crippen molar-refractivity contribution in [3.05, 3.63) is 58.6 Å². The molecule has 0 aromatic heterocycles. The molecule has 5 heteroatoms. The van der Waals surface area contributed by atoms with Gasteiger partial charge >= 0.3 is 0 Å². The van der Waals surface area contributed by atoms with Gasteiger partial charge in [-0.2, -0.15) is 0 Å². The van der Waals surface area contributed by atoms with Crippen molar-refractivity contribution in [3.63, 3.8) is 0 Å². The van der Waals surface area contributed by atoms with Crippen molar-refractivity contribution < 1.29 is 9.47 Å². The highest BCUT2D eigenvalue weighted by atomic mass is 35.5. The zero-order valence-electron chi connectivity index (χ0n) is 17.3. The van der Waals surface area contributed by atoms with E-state index in [2.05, 4.69) is 36.2 Å². The number of nitrogens with zero attached hydrogens (tertiary/aromatic N) is 1. The molecule has 0 spiro atoms. The Morgan fingerprint density at radius 3 is 2.46 bits per heavy atom. The Bertz CT molecular complexity index is 705. The standard InChI is InChI=1S/C23H33ClN2O2/c1-4-26(5-2)15-9-14-25-17-19-12-13-22(23(16-19)27-6-3)28-18-20-10-7-8-11-21(20)24/h7-8,10-13,16,25H,4-6,9,14-15,17-18H2,1-3H3. The van der Waals surface area contributed by atoms with Gasteiger partial charge in [-0.3, -0.25) is 0 Å². The van der Waals surface area contributed by atoms with Gasteiger partial charge in [0.1, 0.15) is 6.61 Å². The fourth-order valence-electron chi connectivity index (χ4n) is 3.02. The molecule has 0 atom stereocenters. The van der Waals surface area contributed by atoms with Crippen molar-refractivity contribution in [2.45, 2.75) is 40.3 Å². The smallest absolute Gasteiger partial charge is 0.161 e. The first-order chi connectivity index (χ1) is 13.7. The van der Waals surface area contributed by atoms with E-state index in [9.17, 15) is 0 Å². The van der Waals surface area contributed by atoms with Crippen molar-refractivity contribution >= 4 is 11.6 Å². The van der Waals surface area contributed by atoms with Crippen LogP contribution in [0.2, 0.25) is 5.02 Å². The molecule has 2 aromatic carbocycles. The van der Waals surface area contributed by atoms with Gasteiger partial charge in [-0.15, -0.1) is 0 Å². The maximum atomic E-state index is 6.22. The van der Waals surface area contributed by atoms with Crippen molar-refractivity contribution in [3.8, 4) is 11.5 Å². The van der Waals surface area contributed by atoms with Crippen LogP contribution in [0.25, 0.3) is 0 Å². The normalized spacial score (nSPS) is 11.0. The van der Waals surface area contributed by atoms with Gasteiger partial charge in [0.2, 0.25) is 0 Å². The fraction of sp³-hybridized carbons (Fsp3) is 0.478. The molecule has 154 valence electrons. The van der Waals surface area contributed by atoms with Crippen LogP contribution in [0.15, 0.2) is 42.5 Å². The van der Waals surface area contributed by atoms with Crippen LogP contribution in [0.3, 0.4) is 0 Å². The highest BCUT2D eigenvalue weighted by Crippen LogP contribution is 2.30. The molecule has 0 bridgehead atoms. The third kappa shape index (κ3) is 7.34. The zero-order valence-corrected chi connectivity index (χ0v) is 18.1. The van der Waals surface area contributed by atoms with Gasteiger partial charge in [0.25, 0.3) is 0 Å². The van der Waals surface area contributed by atoms with Crippen molar-refractivity contribution in [1.29, 1.82) is 0 Å². The van der Waals surface area contributed by atoms with E-state index >= 15 is 0 Å². The lowest BCUT2D eigenvalue weighted by Gasteiger charge is -2.18. The van der Waals surface area contributed by atoms with Crippen LogP contribution in [0.1, 0.15) is 38.3 Å². The summed E-state index contributed by atoms with van der Waals surface area (Å²) in [5.74, 6) is 1.52. The maximum absolute atomic E-state index is 6.22. The Labute approximate surface area is 174 Å². The average molecular weight is 405 g/mol. The van der Waals surface area contributed by atoms with E-state index in [1.54, 1.807) is 0 Å². The van der Waals surface area contributed by atoms with Gasteiger partial charge in [0, 0.05) is 17.1 Å². The van der Waals surface area contributed by atoms with Crippen LogP contribution in [0, 0.1) is 0 Å². The van der Waals surface area contributed by atoms with E-state index in [0.29, 0.717) is 18.2 Å². The number of benzene rings is 2. The molecule has 0 saturated heterocycles. The molecule has 2 rings (SSSR count). The van der Waals surface area contributed by atoms with Crippen molar-refractivity contribution in [1.82, 2.24) is 10.2 Å². The molecule has 0 amide bonds. The average Bonchev–Trinajstić information content (AvgIpc) is 2.71. The lowest BCUT2D eigenvalue weighted by atomic mass is 10.2. The second kappa shape index (κ2) is 12.7. The molecule has 0 aliphatic carbocycles. The first-order valence-corrected chi connectivity index (χ1v) is 10.6. The van der Waals surface area contributed by atoms with Gasteiger partial charge in [0.15, 0.2) is 11.5 Å². The van der Waals surface area contributed by atoms with Crippen LogP contribution in [-0.4, -0.2) is 37.7 Å². The number of ether oxygens (including phenoxy) is 2. The number of halogens is 1. The van der Waals surface area contributed by atoms with Crippen molar-refractivity contribution in [2.24, 2.45) is 0 Å². The first-order valence-electron chi connectivity index (χ1n) is 10.2. The van der Waals surface area contributed by atoms with Crippen LogP contribution in [-0.2, 0) is 13.2 Å². The highest BCUT2D eigenvalue weighted by molar-refractivity contribution is 6.31. The summed E-state index contributed by atoms with van der Waals surface area (Å²) in [5, 5.41) is 4.23. The minimum atomic E-state index is 0.419. The molecule has 2 aromatic rings. The van der Waals surface area contributed by atoms with Crippen molar-refractivity contribution in [2.75, 3.05) is 32.8 Å². The summed E-state index contributed by atoms with van der Waals surface area (Å²) in [6.45, 7) is 12.6. The van der Waals surface area contributed by atoms with E-state index in [0.717, 1.165) is 56.2 Å². The van der Waals surface area contributed by atoms with Crippen LogP contribution in [0.5, 0.6) is 11.5 Å².